The summed E-state index contributed by atoms with van der Waals surface area (Å²) in [6, 6.07) is 7.51. The highest BCUT2D eigenvalue weighted by molar-refractivity contribution is 5.95. The van der Waals surface area contributed by atoms with Gasteiger partial charge in [0, 0.05) is 65.0 Å². The molecule has 1 heterocycles. The second-order valence-electron chi connectivity index (χ2n) is 5.94. The van der Waals surface area contributed by atoms with Gasteiger partial charge in [0.2, 0.25) is 0 Å². The first-order chi connectivity index (χ1) is 9.91. The molecule has 1 aliphatic heterocycles. The molecule has 1 amide bonds. The number of rotatable bonds is 4. The van der Waals surface area contributed by atoms with Gasteiger partial charge in [0.1, 0.15) is 0 Å². The lowest BCUT2D eigenvalue weighted by molar-refractivity contribution is -0.0734. The number of hydrogen-bond acceptors (Lipinski definition) is 4. The first-order valence-electron chi connectivity index (χ1n) is 7.24. The van der Waals surface area contributed by atoms with Crippen LogP contribution in [0.1, 0.15) is 23.2 Å². The third-order valence-corrected chi connectivity index (χ3v) is 3.91. The van der Waals surface area contributed by atoms with Crippen LogP contribution in [-0.2, 0) is 4.74 Å². The Kier molecular flexibility index (Phi) is 4.85. The molecule has 1 N–H and O–H groups in total. The van der Waals surface area contributed by atoms with Gasteiger partial charge in [-0.05, 0) is 18.2 Å². The zero-order valence-corrected chi connectivity index (χ0v) is 13.0. The van der Waals surface area contributed by atoms with Crippen molar-refractivity contribution in [2.45, 2.75) is 18.4 Å². The van der Waals surface area contributed by atoms with Crippen molar-refractivity contribution in [2.75, 3.05) is 45.8 Å². The van der Waals surface area contributed by atoms with Crippen molar-refractivity contribution in [3.8, 4) is 0 Å². The largest absolute Gasteiger partial charge is 0.388 e. The lowest BCUT2D eigenvalue weighted by Crippen LogP contribution is -2.47. The summed E-state index contributed by atoms with van der Waals surface area (Å²) in [7, 11) is 5.62. The van der Waals surface area contributed by atoms with Crippen molar-refractivity contribution < 1.29 is 14.6 Å². The summed E-state index contributed by atoms with van der Waals surface area (Å²) in [6.07, 6.45) is 1.14. The van der Waals surface area contributed by atoms with Crippen LogP contribution < -0.4 is 4.90 Å². The molecule has 0 unspecified atom stereocenters. The summed E-state index contributed by atoms with van der Waals surface area (Å²) in [4.78, 5) is 16.1. The number of anilines is 1. The van der Waals surface area contributed by atoms with E-state index >= 15 is 0 Å². The second-order valence-corrected chi connectivity index (χ2v) is 5.94. The number of nitrogens with zero attached hydrogens (tertiary/aromatic N) is 2. The second kappa shape index (κ2) is 6.45. The van der Waals surface area contributed by atoms with Gasteiger partial charge < -0.3 is 19.6 Å². The Morgan fingerprint density at radius 3 is 2.57 bits per heavy atom. The molecule has 0 atom stereocenters. The first-order valence-corrected chi connectivity index (χ1v) is 7.24. The molecule has 1 saturated heterocycles. The molecule has 116 valence electrons. The van der Waals surface area contributed by atoms with Gasteiger partial charge in [-0.3, -0.25) is 4.79 Å². The molecular formula is C16H24N2O3. The first kappa shape index (κ1) is 15.8. The zero-order valence-electron chi connectivity index (χ0n) is 13.0. The van der Waals surface area contributed by atoms with Gasteiger partial charge >= 0.3 is 0 Å². The Balaban J connectivity index is 2.06. The Hall–Kier alpha value is -1.59. The molecule has 1 fully saturated rings. The van der Waals surface area contributed by atoms with Gasteiger partial charge in [-0.2, -0.15) is 0 Å². The van der Waals surface area contributed by atoms with Crippen LogP contribution in [0.25, 0.3) is 0 Å². The van der Waals surface area contributed by atoms with Gasteiger partial charge in [0.25, 0.3) is 5.91 Å². The van der Waals surface area contributed by atoms with E-state index in [4.69, 9.17) is 4.74 Å². The van der Waals surface area contributed by atoms with E-state index in [2.05, 4.69) is 0 Å². The summed E-state index contributed by atoms with van der Waals surface area (Å²) in [5.41, 5.74) is 0.792. The van der Waals surface area contributed by atoms with E-state index in [-0.39, 0.29) is 5.91 Å². The third-order valence-electron chi connectivity index (χ3n) is 3.91. The van der Waals surface area contributed by atoms with Crippen LogP contribution in [0.3, 0.4) is 0 Å². The fourth-order valence-corrected chi connectivity index (χ4v) is 2.56. The van der Waals surface area contributed by atoms with Crippen LogP contribution in [0.2, 0.25) is 0 Å². The van der Waals surface area contributed by atoms with Gasteiger partial charge in [-0.1, -0.05) is 6.07 Å². The van der Waals surface area contributed by atoms with Crippen molar-refractivity contribution in [1.82, 2.24) is 4.90 Å². The van der Waals surface area contributed by atoms with Crippen molar-refractivity contribution in [1.29, 1.82) is 0 Å². The van der Waals surface area contributed by atoms with Crippen molar-refractivity contribution >= 4 is 11.6 Å². The SMILES string of the molecule is CN(CC1(O)CCOCC1)C(=O)c1cccc(N(C)C)c1. The normalized spacial score (nSPS) is 17.3. The van der Waals surface area contributed by atoms with E-state index in [9.17, 15) is 9.90 Å². The fourth-order valence-electron chi connectivity index (χ4n) is 2.56. The molecule has 21 heavy (non-hydrogen) atoms. The minimum atomic E-state index is -0.832. The number of benzene rings is 1. The highest BCUT2D eigenvalue weighted by Crippen LogP contribution is 2.22. The molecule has 0 bridgehead atoms. The highest BCUT2D eigenvalue weighted by Gasteiger charge is 2.32. The fraction of sp³-hybridized carbons (Fsp3) is 0.562. The van der Waals surface area contributed by atoms with Crippen LogP contribution in [0.15, 0.2) is 24.3 Å². The standard InChI is InChI=1S/C16H24N2O3/c1-17(2)14-6-4-5-13(11-14)15(19)18(3)12-16(20)7-9-21-10-8-16/h4-6,11,20H,7-10,12H2,1-3H3. The van der Waals surface area contributed by atoms with Gasteiger partial charge in [-0.15, -0.1) is 0 Å². The monoisotopic (exact) mass is 292 g/mol. The number of likely N-dealkylation sites (N-methyl/N-ethyl adjacent to an activating group) is 1. The molecular weight excluding hydrogens is 268 g/mol. The minimum absolute atomic E-state index is 0.0707. The number of aliphatic hydroxyl groups is 1. The molecule has 0 aliphatic carbocycles. The molecule has 0 spiro atoms. The Morgan fingerprint density at radius 1 is 1.29 bits per heavy atom. The van der Waals surface area contributed by atoms with E-state index in [1.807, 2.05) is 37.2 Å². The van der Waals surface area contributed by atoms with Crippen LogP contribution in [0, 0.1) is 0 Å². The van der Waals surface area contributed by atoms with Crippen LogP contribution in [-0.4, -0.2) is 62.4 Å². The van der Waals surface area contributed by atoms with E-state index in [0.29, 0.717) is 38.2 Å². The highest BCUT2D eigenvalue weighted by atomic mass is 16.5. The maximum absolute atomic E-state index is 12.5. The van der Waals surface area contributed by atoms with Crippen molar-refractivity contribution in [3.63, 3.8) is 0 Å². The molecule has 0 saturated carbocycles. The Morgan fingerprint density at radius 2 is 1.95 bits per heavy atom. The number of hydrogen-bond donors (Lipinski definition) is 1. The summed E-state index contributed by atoms with van der Waals surface area (Å²) >= 11 is 0. The molecule has 1 aliphatic rings. The zero-order chi connectivity index (χ0) is 15.5. The lowest BCUT2D eigenvalue weighted by Gasteiger charge is -2.35. The van der Waals surface area contributed by atoms with Crippen LogP contribution in [0.5, 0.6) is 0 Å². The number of carbonyl (C=O) groups excluding carboxylic acids is 1. The number of amides is 1. The number of ether oxygens (including phenoxy) is 1. The summed E-state index contributed by atoms with van der Waals surface area (Å²) < 4.78 is 5.26. The molecule has 2 rings (SSSR count). The maximum atomic E-state index is 12.5. The smallest absolute Gasteiger partial charge is 0.253 e. The predicted molar refractivity (Wildman–Crippen MR) is 82.7 cm³/mol. The summed E-state index contributed by atoms with van der Waals surface area (Å²) in [5.74, 6) is -0.0707. The Bertz CT molecular complexity index is 496. The van der Waals surface area contributed by atoms with E-state index in [1.54, 1.807) is 18.0 Å². The average Bonchev–Trinajstić information content (AvgIpc) is 2.46. The quantitative estimate of drug-likeness (QED) is 0.910. The van der Waals surface area contributed by atoms with Crippen LogP contribution >= 0.6 is 0 Å². The average molecular weight is 292 g/mol. The van der Waals surface area contributed by atoms with Gasteiger partial charge in [-0.25, -0.2) is 0 Å². The van der Waals surface area contributed by atoms with E-state index in [1.165, 1.54) is 0 Å². The molecule has 5 nitrogen and oxygen atoms in total. The molecule has 0 radical (unpaired) electrons. The molecule has 1 aromatic rings. The van der Waals surface area contributed by atoms with Crippen molar-refractivity contribution in [2.24, 2.45) is 0 Å². The van der Waals surface area contributed by atoms with E-state index in [0.717, 1.165) is 5.69 Å². The molecule has 5 heteroatoms. The molecule has 0 aromatic heterocycles. The predicted octanol–water partition coefficient (Wildman–Crippen LogP) is 1.37. The number of carbonyl (C=O) groups is 1. The topological polar surface area (TPSA) is 53.0 Å². The Labute approximate surface area is 126 Å². The molecule has 1 aromatic carbocycles. The van der Waals surface area contributed by atoms with Crippen LogP contribution in [0.4, 0.5) is 5.69 Å². The lowest BCUT2D eigenvalue weighted by atomic mass is 9.93. The van der Waals surface area contributed by atoms with Crippen molar-refractivity contribution in [3.05, 3.63) is 29.8 Å². The van der Waals surface area contributed by atoms with Gasteiger partial charge in [0.15, 0.2) is 0 Å². The minimum Gasteiger partial charge on any atom is -0.388 e. The third kappa shape index (κ3) is 3.95. The van der Waals surface area contributed by atoms with Gasteiger partial charge in [0.05, 0.1) is 5.60 Å². The maximum Gasteiger partial charge on any atom is 0.253 e. The summed E-state index contributed by atoms with van der Waals surface area (Å²) in [5, 5.41) is 10.5. The van der Waals surface area contributed by atoms with E-state index < -0.39 is 5.60 Å². The summed E-state index contributed by atoms with van der Waals surface area (Å²) in [6.45, 7) is 1.44.